The van der Waals surface area contributed by atoms with Gasteiger partial charge in [0.05, 0.1) is 23.9 Å². The SMILES string of the molecule is CC.CN/C(=C\CN)C1=CC(C2=CC(C(F)F)NC=C2OC)=C(C(=O)NC(C)SC(C#CC2CC2)NN)CN1C. The molecule has 1 saturated carbocycles. The van der Waals surface area contributed by atoms with E-state index in [2.05, 4.69) is 33.2 Å². The summed E-state index contributed by atoms with van der Waals surface area (Å²) in [5.41, 5.74) is 11.3. The first kappa shape index (κ1) is 33.2. The maximum Gasteiger partial charge on any atom is 0.261 e. The van der Waals surface area contributed by atoms with E-state index in [0.717, 1.165) is 24.2 Å². The van der Waals surface area contributed by atoms with E-state index in [1.165, 1.54) is 31.1 Å². The average molecular weight is 580 g/mol. The second-order valence-corrected chi connectivity index (χ2v) is 10.5. The van der Waals surface area contributed by atoms with Crippen LogP contribution >= 0.6 is 11.8 Å². The molecule has 2 heterocycles. The number of hydrazine groups is 1. The molecule has 0 bridgehead atoms. The number of methoxy groups -OCH3 is 1. The second kappa shape index (κ2) is 16.3. The Balaban J connectivity index is 0.00000274. The van der Waals surface area contributed by atoms with Gasteiger partial charge in [0.1, 0.15) is 17.2 Å². The minimum Gasteiger partial charge on any atom is -0.495 e. The van der Waals surface area contributed by atoms with E-state index in [1.807, 2.05) is 38.8 Å². The molecule has 1 fully saturated rings. The fraction of sp³-hybridized carbons (Fsp3) is 0.536. The Morgan fingerprint density at radius 1 is 1.38 bits per heavy atom. The predicted molar refractivity (Wildman–Crippen MR) is 158 cm³/mol. The van der Waals surface area contributed by atoms with Crippen molar-refractivity contribution in [1.29, 1.82) is 0 Å². The van der Waals surface area contributed by atoms with Crippen molar-refractivity contribution < 1.29 is 18.3 Å². The summed E-state index contributed by atoms with van der Waals surface area (Å²) in [5.74, 6) is 12.4. The van der Waals surface area contributed by atoms with Crippen molar-refractivity contribution in [2.75, 3.05) is 34.3 Å². The van der Waals surface area contributed by atoms with Crippen LogP contribution in [0.15, 0.2) is 58.3 Å². The number of rotatable bonds is 11. The third kappa shape index (κ3) is 9.02. The third-order valence-electron chi connectivity index (χ3n) is 6.18. The number of allylic oxidation sites excluding steroid dienone is 2. The van der Waals surface area contributed by atoms with Crippen LogP contribution in [0, 0.1) is 17.8 Å². The number of halogens is 2. The molecule has 8 N–H and O–H groups in total. The molecule has 3 rings (SSSR count). The zero-order chi connectivity index (χ0) is 29.8. The van der Waals surface area contributed by atoms with Gasteiger partial charge in [0, 0.05) is 50.4 Å². The lowest BCUT2D eigenvalue weighted by molar-refractivity contribution is -0.117. The van der Waals surface area contributed by atoms with Crippen molar-refractivity contribution >= 4 is 17.7 Å². The van der Waals surface area contributed by atoms with E-state index in [9.17, 15) is 13.6 Å². The van der Waals surface area contributed by atoms with Gasteiger partial charge in [-0.2, -0.15) is 0 Å². The van der Waals surface area contributed by atoms with Crippen LogP contribution < -0.4 is 33.0 Å². The number of carbonyl (C=O) groups is 1. The molecule has 222 valence electrons. The lowest BCUT2D eigenvalue weighted by Gasteiger charge is -2.33. The van der Waals surface area contributed by atoms with Gasteiger partial charge in [0.2, 0.25) is 0 Å². The smallest absolute Gasteiger partial charge is 0.261 e. The molecule has 3 atom stereocenters. The summed E-state index contributed by atoms with van der Waals surface area (Å²) in [5, 5.41) is 8.09. The first-order valence-electron chi connectivity index (χ1n) is 13.4. The van der Waals surface area contributed by atoms with Crippen LogP contribution in [0.3, 0.4) is 0 Å². The molecule has 1 aliphatic carbocycles. The first-order chi connectivity index (χ1) is 19.2. The summed E-state index contributed by atoms with van der Waals surface area (Å²) in [7, 11) is 5.08. The van der Waals surface area contributed by atoms with Gasteiger partial charge in [0.15, 0.2) is 0 Å². The first-order valence-corrected chi connectivity index (χ1v) is 14.3. The Bertz CT molecular complexity index is 1100. The number of alkyl halides is 2. The van der Waals surface area contributed by atoms with Crippen LogP contribution in [0.4, 0.5) is 8.78 Å². The standard InChI is InChI=1S/C26H37F2N7O2S.C2H6/c1-15(38-24(34-30)8-7-16-5-6-16)33-26(36)19-14-35(3)22(20(31-2)9-10-29)12-17(19)18-11-21(25(27)28)32-13-23(18)37-4;1-2/h9,11-13,15-16,21,24-25,31-32,34H,5-6,10,14,29-30H2,1-4H3,(H,33,36);1-2H3/b20-9-;. The minimum absolute atomic E-state index is 0.231. The van der Waals surface area contributed by atoms with Gasteiger partial charge < -0.3 is 31.3 Å². The van der Waals surface area contributed by atoms with Crippen molar-refractivity contribution in [3.63, 3.8) is 0 Å². The van der Waals surface area contributed by atoms with Gasteiger partial charge in [0.25, 0.3) is 12.3 Å². The molecule has 0 aromatic rings. The number of hydrogen-bond donors (Lipinski definition) is 6. The summed E-state index contributed by atoms with van der Waals surface area (Å²) in [4.78, 5) is 15.5. The number of hydrogen-bond acceptors (Lipinski definition) is 9. The number of likely N-dealkylation sites (N-methyl/N-ethyl adjacent to an activating group) is 2. The van der Waals surface area contributed by atoms with Crippen LogP contribution in [0.1, 0.15) is 33.6 Å². The molecule has 1 amide bonds. The molecular weight excluding hydrogens is 536 g/mol. The molecule has 3 unspecified atom stereocenters. The van der Waals surface area contributed by atoms with E-state index in [1.54, 1.807) is 13.1 Å². The number of nitrogens with one attached hydrogen (secondary N) is 4. The van der Waals surface area contributed by atoms with E-state index in [4.69, 9.17) is 16.3 Å². The van der Waals surface area contributed by atoms with Gasteiger partial charge >= 0.3 is 0 Å². The molecule has 0 spiro atoms. The molecule has 0 saturated heterocycles. The van der Waals surface area contributed by atoms with Crippen LogP contribution in [-0.4, -0.2) is 68.3 Å². The van der Waals surface area contributed by atoms with Crippen molar-refractivity contribution in [2.45, 2.75) is 56.8 Å². The maximum atomic E-state index is 13.7. The molecule has 3 aliphatic rings. The van der Waals surface area contributed by atoms with E-state index in [0.29, 0.717) is 34.9 Å². The van der Waals surface area contributed by atoms with E-state index >= 15 is 0 Å². The Morgan fingerprint density at radius 3 is 2.62 bits per heavy atom. The number of dihydropyridines is 1. The van der Waals surface area contributed by atoms with Crippen LogP contribution in [-0.2, 0) is 9.53 Å². The Kier molecular flexibility index (Phi) is 13.6. The highest BCUT2D eigenvalue weighted by molar-refractivity contribution is 8.00. The fourth-order valence-electron chi connectivity index (χ4n) is 4.05. The van der Waals surface area contributed by atoms with Gasteiger partial charge in [-0.05, 0) is 43.6 Å². The molecule has 12 heteroatoms. The van der Waals surface area contributed by atoms with Crippen LogP contribution in [0.5, 0.6) is 0 Å². The van der Waals surface area contributed by atoms with Crippen molar-refractivity contribution in [2.24, 2.45) is 17.5 Å². The Labute approximate surface area is 240 Å². The molecule has 9 nitrogen and oxygen atoms in total. The third-order valence-corrected chi connectivity index (χ3v) is 7.23. The van der Waals surface area contributed by atoms with Crippen molar-refractivity contribution in [3.8, 4) is 11.8 Å². The quantitative estimate of drug-likeness (QED) is 0.0945. The van der Waals surface area contributed by atoms with Crippen LogP contribution in [0.2, 0.25) is 0 Å². The summed E-state index contributed by atoms with van der Waals surface area (Å²) >= 11 is 1.38. The highest BCUT2D eigenvalue weighted by Gasteiger charge is 2.31. The van der Waals surface area contributed by atoms with E-state index < -0.39 is 12.5 Å². The normalized spacial score (nSPS) is 20.5. The summed E-state index contributed by atoms with van der Waals surface area (Å²) in [6.45, 7) is 6.38. The van der Waals surface area contributed by atoms with Gasteiger partial charge in [-0.25, -0.2) is 14.2 Å². The molecule has 0 aromatic heterocycles. The van der Waals surface area contributed by atoms with Gasteiger partial charge in [-0.3, -0.25) is 10.6 Å². The van der Waals surface area contributed by atoms with Crippen molar-refractivity contribution in [3.05, 3.63) is 58.3 Å². The lowest BCUT2D eigenvalue weighted by atomic mass is 9.90. The predicted octanol–water partition coefficient (Wildman–Crippen LogP) is 2.25. The topological polar surface area (TPSA) is 130 Å². The molecular formula is C28H43F2N7O2S. The monoisotopic (exact) mass is 579 g/mol. The fourth-order valence-corrected chi connectivity index (χ4v) is 4.85. The number of amides is 1. The molecule has 2 aliphatic heterocycles. The summed E-state index contributed by atoms with van der Waals surface area (Å²) in [6, 6.07) is -1.23. The average Bonchev–Trinajstić information content (AvgIpc) is 3.79. The second-order valence-electron chi connectivity index (χ2n) is 9.06. The highest BCUT2D eigenvalue weighted by Crippen LogP contribution is 2.34. The lowest BCUT2D eigenvalue weighted by Crippen LogP contribution is -2.41. The number of nitrogens with zero attached hydrogens (tertiary/aromatic N) is 1. The number of nitrogens with two attached hydrogens (primary N) is 2. The molecule has 40 heavy (non-hydrogen) atoms. The molecule has 0 aromatic carbocycles. The zero-order valence-electron chi connectivity index (χ0n) is 24.1. The van der Waals surface area contributed by atoms with Gasteiger partial charge in [-0.1, -0.05) is 25.7 Å². The minimum atomic E-state index is -2.65. The Hall–Kier alpha value is -2.98. The Morgan fingerprint density at radius 2 is 2.08 bits per heavy atom. The largest absolute Gasteiger partial charge is 0.495 e. The van der Waals surface area contributed by atoms with Crippen molar-refractivity contribution in [1.82, 2.24) is 26.3 Å². The molecule has 0 radical (unpaired) electrons. The zero-order valence-corrected chi connectivity index (χ0v) is 24.9. The summed E-state index contributed by atoms with van der Waals surface area (Å²) < 4.78 is 32.8. The number of ether oxygens (including phenoxy) is 1. The highest BCUT2D eigenvalue weighted by atomic mass is 32.2. The van der Waals surface area contributed by atoms with E-state index in [-0.39, 0.29) is 23.2 Å². The maximum absolute atomic E-state index is 13.7. The number of carbonyl (C=O) groups excluding carboxylic acids is 1. The summed E-state index contributed by atoms with van der Waals surface area (Å²) in [6.07, 6.45) is 5.98. The number of thioether (sulfide) groups is 1. The van der Waals surface area contributed by atoms with Gasteiger partial charge in [-0.15, -0.1) is 11.8 Å². The van der Waals surface area contributed by atoms with Crippen LogP contribution in [0.25, 0.3) is 0 Å².